The van der Waals surface area contributed by atoms with Crippen LogP contribution in [0.25, 0.3) is 11.1 Å². The number of fused-ring (bicyclic) bond motifs is 3. The molecule has 138 valence electrons. The van der Waals surface area contributed by atoms with Crippen molar-refractivity contribution in [1.29, 1.82) is 0 Å². The Kier molecular flexibility index (Phi) is 4.98. The standard InChI is InChI=1S/C21H24O4S/c1-24-20-17(15-8-9-25-11-15)7-6-16(19(20)21(22)23)12-26-18-10-13-2-4-14(18)5-3-13/h6-9,11,13-14,18H,2-5,10,12H2,1H3,(H,22,23). The van der Waals surface area contributed by atoms with Crippen LogP contribution >= 0.6 is 11.8 Å². The number of thioether (sulfide) groups is 1. The summed E-state index contributed by atoms with van der Waals surface area (Å²) in [5.74, 6) is 1.90. The molecule has 26 heavy (non-hydrogen) atoms. The molecule has 4 nitrogen and oxygen atoms in total. The second-order valence-corrected chi connectivity index (χ2v) is 8.59. The van der Waals surface area contributed by atoms with Crippen molar-refractivity contribution in [3.05, 3.63) is 41.9 Å². The molecule has 1 aromatic carbocycles. The molecular weight excluding hydrogens is 348 g/mol. The van der Waals surface area contributed by atoms with Crippen LogP contribution in [0.15, 0.2) is 35.1 Å². The molecule has 0 spiro atoms. The van der Waals surface area contributed by atoms with Crippen LogP contribution in [0.1, 0.15) is 48.0 Å². The average Bonchev–Trinajstić information content (AvgIpc) is 3.20. The highest BCUT2D eigenvalue weighted by molar-refractivity contribution is 7.99. The fourth-order valence-electron chi connectivity index (χ4n) is 4.55. The van der Waals surface area contributed by atoms with Gasteiger partial charge in [-0.2, -0.15) is 11.8 Å². The second-order valence-electron chi connectivity index (χ2n) is 7.36. The lowest BCUT2D eigenvalue weighted by Gasteiger charge is -2.42. The van der Waals surface area contributed by atoms with Gasteiger partial charge in [0, 0.05) is 22.1 Å². The van der Waals surface area contributed by atoms with Crippen LogP contribution in [0.2, 0.25) is 0 Å². The number of aromatic carboxylic acids is 1. The van der Waals surface area contributed by atoms with Crippen LogP contribution in [-0.4, -0.2) is 23.4 Å². The Bertz CT molecular complexity index is 776. The van der Waals surface area contributed by atoms with Gasteiger partial charge in [0.05, 0.1) is 19.6 Å². The molecule has 0 saturated heterocycles. The lowest BCUT2D eigenvalue weighted by molar-refractivity contribution is 0.0692. The summed E-state index contributed by atoms with van der Waals surface area (Å²) in [4.78, 5) is 12.0. The van der Waals surface area contributed by atoms with Crippen molar-refractivity contribution in [3.8, 4) is 16.9 Å². The minimum atomic E-state index is -0.937. The topological polar surface area (TPSA) is 59.7 Å². The van der Waals surface area contributed by atoms with E-state index in [1.807, 2.05) is 30.0 Å². The van der Waals surface area contributed by atoms with Crippen molar-refractivity contribution in [1.82, 2.24) is 0 Å². The van der Waals surface area contributed by atoms with Crippen molar-refractivity contribution in [2.45, 2.75) is 43.1 Å². The van der Waals surface area contributed by atoms with Crippen LogP contribution in [0.5, 0.6) is 5.75 Å². The minimum Gasteiger partial charge on any atom is -0.495 e. The number of carboxylic acid groups (broad SMARTS) is 1. The number of hydrogen-bond acceptors (Lipinski definition) is 4. The van der Waals surface area contributed by atoms with E-state index in [-0.39, 0.29) is 5.56 Å². The van der Waals surface area contributed by atoms with Crippen molar-refractivity contribution in [3.63, 3.8) is 0 Å². The molecule has 5 rings (SSSR count). The quantitative estimate of drug-likeness (QED) is 0.729. The fourth-order valence-corrected chi connectivity index (χ4v) is 6.14. The van der Waals surface area contributed by atoms with Gasteiger partial charge in [0.25, 0.3) is 0 Å². The van der Waals surface area contributed by atoms with E-state index in [1.54, 1.807) is 12.5 Å². The van der Waals surface area contributed by atoms with E-state index in [0.29, 0.717) is 11.0 Å². The van der Waals surface area contributed by atoms with Gasteiger partial charge in [0.2, 0.25) is 0 Å². The predicted molar refractivity (Wildman–Crippen MR) is 103 cm³/mol. The smallest absolute Gasteiger partial charge is 0.339 e. The number of methoxy groups -OCH3 is 1. The van der Waals surface area contributed by atoms with E-state index < -0.39 is 5.97 Å². The summed E-state index contributed by atoms with van der Waals surface area (Å²) in [6.07, 6.45) is 9.94. The molecule has 3 aliphatic carbocycles. The molecule has 2 aromatic rings. The van der Waals surface area contributed by atoms with Gasteiger partial charge >= 0.3 is 5.97 Å². The summed E-state index contributed by atoms with van der Waals surface area (Å²) in [6.45, 7) is 0. The largest absolute Gasteiger partial charge is 0.495 e. The van der Waals surface area contributed by atoms with Crippen LogP contribution < -0.4 is 4.74 Å². The first-order valence-electron chi connectivity index (χ1n) is 9.24. The maximum absolute atomic E-state index is 12.0. The maximum atomic E-state index is 12.0. The second kappa shape index (κ2) is 7.39. The van der Waals surface area contributed by atoms with Crippen molar-refractivity contribution >= 4 is 17.7 Å². The maximum Gasteiger partial charge on any atom is 0.339 e. The third-order valence-corrected chi connectivity index (χ3v) is 7.41. The molecule has 3 aliphatic rings. The minimum absolute atomic E-state index is 0.277. The summed E-state index contributed by atoms with van der Waals surface area (Å²) in [5, 5.41) is 10.5. The van der Waals surface area contributed by atoms with Crippen molar-refractivity contribution in [2.75, 3.05) is 7.11 Å². The van der Waals surface area contributed by atoms with E-state index in [1.165, 1.54) is 39.2 Å². The van der Waals surface area contributed by atoms with Crippen LogP contribution in [0.3, 0.4) is 0 Å². The van der Waals surface area contributed by atoms with Crippen molar-refractivity contribution < 1.29 is 19.1 Å². The Morgan fingerprint density at radius 2 is 2.08 bits per heavy atom. The third-order valence-electron chi connectivity index (χ3n) is 5.93. The molecule has 3 fully saturated rings. The molecule has 0 aliphatic heterocycles. The number of furan rings is 1. The number of carbonyl (C=O) groups is 1. The Morgan fingerprint density at radius 3 is 2.65 bits per heavy atom. The first kappa shape index (κ1) is 17.5. The molecular formula is C21H24O4S. The molecule has 2 bridgehead atoms. The first-order valence-corrected chi connectivity index (χ1v) is 10.3. The molecule has 3 saturated carbocycles. The average molecular weight is 372 g/mol. The third kappa shape index (κ3) is 3.25. The Hall–Kier alpha value is -1.88. The predicted octanol–water partition coefficient (Wildman–Crippen LogP) is 5.47. The summed E-state index contributed by atoms with van der Waals surface area (Å²) in [6, 6.07) is 5.69. The summed E-state index contributed by atoms with van der Waals surface area (Å²) in [7, 11) is 1.53. The Morgan fingerprint density at radius 1 is 1.27 bits per heavy atom. The number of rotatable bonds is 6. The summed E-state index contributed by atoms with van der Waals surface area (Å²) < 4.78 is 10.7. The van der Waals surface area contributed by atoms with Gasteiger partial charge in [0.1, 0.15) is 11.3 Å². The van der Waals surface area contributed by atoms with E-state index in [2.05, 4.69) is 0 Å². The number of carboxylic acids is 1. The number of hydrogen-bond donors (Lipinski definition) is 1. The summed E-state index contributed by atoms with van der Waals surface area (Å²) >= 11 is 1.93. The van der Waals surface area contributed by atoms with Crippen molar-refractivity contribution in [2.24, 2.45) is 11.8 Å². The van der Waals surface area contributed by atoms with Gasteiger partial charge in [-0.05, 0) is 42.7 Å². The van der Waals surface area contributed by atoms with Crippen LogP contribution in [0.4, 0.5) is 0 Å². The molecule has 1 unspecified atom stereocenters. The van der Waals surface area contributed by atoms with E-state index >= 15 is 0 Å². The molecule has 1 N–H and O–H groups in total. The lowest BCUT2D eigenvalue weighted by Crippen LogP contribution is -2.33. The number of ether oxygens (including phenoxy) is 1. The van der Waals surface area contributed by atoms with Crippen LogP contribution in [0, 0.1) is 11.8 Å². The molecule has 1 aromatic heterocycles. The zero-order valence-corrected chi connectivity index (χ0v) is 15.8. The highest BCUT2D eigenvalue weighted by Crippen LogP contribution is 2.47. The van der Waals surface area contributed by atoms with E-state index in [4.69, 9.17) is 9.15 Å². The molecule has 1 heterocycles. The molecule has 1 atom stereocenters. The fraction of sp³-hybridized carbons (Fsp3) is 0.476. The normalized spacial score (nSPS) is 24.6. The first-order chi connectivity index (χ1) is 12.7. The van der Waals surface area contributed by atoms with E-state index in [0.717, 1.165) is 34.3 Å². The highest BCUT2D eigenvalue weighted by atomic mass is 32.2. The van der Waals surface area contributed by atoms with Gasteiger partial charge in [-0.15, -0.1) is 0 Å². The summed E-state index contributed by atoms with van der Waals surface area (Å²) in [5.41, 5.74) is 2.70. The van der Waals surface area contributed by atoms with Gasteiger partial charge in [-0.1, -0.05) is 25.0 Å². The van der Waals surface area contributed by atoms with Gasteiger partial charge in [0.15, 0.2) is 0 Å². The van der Waals surface area contributed by atoms with Gasteiger partial charge < -0.3 is 14.3 Å². The van der Waals surface area contributed by atoms with E-state index in [9.17, 15) is 9.90 Å². The lowest BCUT2D eigenvalue weighted by atomic mass is 9.70. The monoisotopic (exact) mass is 372 g/mol. The Balaban J connectivity index is 1.60. The zero-order valence-electron chi connectivity index (χ0n) is 14.9. The molecule has 0 amide bonds. The molecule has 5 heteroatoms. The SMILES string of the molecule is COc1c(-c2ccoc2)ccc(CSC2CC3CCC2CC3)c1C(=O)O. The van der Waals surface area contributed by atoms with Gasteiger partial charge in [-0.25, -0.2) is 4.79 Å². The number of benzene rings is 1. The van der Waals surface area contributed by atoms with Gasteiger partial charge in [-0.3, -0.25) is 0 Å². The zero-order chi connectivity index (χ0) is 18.1. The Labute approximate surface area is 157 Å². The molecule has 0 radical (unpaired) electrons. The van der Waals surface area contributed by atoms with Crippen LogP contribution in [-0.2, 0) is 5.75 Å². The highest BCUT2D eigenvalue weighted by Gasteiger charge is 2.35.